The van der Waals surface area contributed by atoms with E-state index in [0.717, 1.165) is 17.8 Å². The van der Waals surface area contributed by atoms with Gasteiger partial charge in [-0.05, 0) is 25.5 Å². The van der Waals surface area contributed by atoms with Gasteiger partial charge in [0, 0.05) is 19.0 Å². The second kappa shape index (κ2) is 7.83. The van der Waals surface area contributed by atoms with Gasteiger partial charge < -0.3 is 11.1 Å². The van der Waals surface area contributed by atoms with Crippen LogP contribution >= 0.6 is 23.6 Å². The Morgan fingerprint density at radius 2 is 2.14 bits per heavy atom. The van der Waals surface area contributed by atoms with Gasteiger partial charge in [-0.25, -0.2) is 13.1 Å². The van der Waals surface area contributed by atoms with Crippen LogP contribution in [0.2, 0.25) is 0 Å². The van der Waals surface area contributed by atoms with E-state index in [9.17, 15) is 13.2 Å². The summed E-state index contributed by atoms with van der Waals surface area (Å²) < 4.78 is 26.5. The Morgan fingerprint density at radius 1 is 1.48 bits per heavy atom. The molecule has 0 bridgehead atoms. The topological polar surface area (TPSA) is 101 Å². The third-order valence-electron chi connectivity index (χ3n) is 2.75. The first kappa shape index (κ1) is 18.0. The van der Waals surface area contributed by atoms with Crippen molar-refractivity contribution in [2.45, 2.75) is 36.9 Å². The van der Waals surface area contributed by atoms with Gasteiger partial charge in [0.05, 0.1) is 4.88 Å². The molecule has 0 aliphatic heterocycles. The van der Waals surface area contributed by atoms with Crippen LogP contribution < -0.4 is 15.8 Å². The van der Waals surface area contributed by atoms with E-state index < -0.39 is 10.0 Å². The Kier molecular flexibility index (Phi) is 6.72. The molecule has 0 saturated heterocycles. The van der Waals surface area contributed by atoms with Crippen molar-refractivity contribution < 1.29 is 13.2 Å². The van der Waals surface area contributed by atoms with Gasteiger partial charge in [-0.15, -0.1) is 11.3 Å². The molecular formula is C12H19N3O3S3. The first-order chi connectivity index (χ1) is 9.76. The van der Waals surface area contributed by atoms with Crippen LogP contribution in [0.3, 0.4) is 0 Å². The smallest absolute Gasteiger partial charge is 0.250 e. The highest BCUT2D eigenvalue weighted by atomic mass is 32.2. The number of amides is 1. The molecule has 0 saturated carbocycles. The molecule has 0 radical (unpaired) electrons. The van der Waals surface area contributed by atoms with Crippen LogP contribution in [0.1, 0.15) is 31.6 Å². The van der Waals surface area contributed by atoms with E-state index in [1.807, 2.05) is 13.8 Å². The van der Waals surface area contributed by atoms with E-state index in [4.69, 9.17) is 18.0 Å². The van der Waals surface area contributed by atoms with Crippen LogP contribution in [-0.4, -0.2) is 31.9 Å². The Bertz CT molecular complexity index is 610. The summed E-state index contributed by atoms with van der Waals surface area (Å²) in [5, 5.41) is 2.77. The second-order valence-electron chi connectivity index (χ2n) is 4.51. The molecule has 1 aromatic heterocycles. The van der Waals surface area contributed by atoms with E-state index in [1.54, 1.807) is 6.07 Å². The predicted molar refractivity (Wildman–Crippen MR) is 87.9 cm³/mol. The summed E-state index contributed by atoms with van der Waals surface area (Å²) in [7, 11) is -3.63. The average molecular weight is 350 g/mol. The number of carbonyl (C=O) groups is 1. The summed E-state index contributed by atoms with van der Waals surface area (Å²) in [4.78, 5) is 12.3. The van der Waals surface area contributed by atoms with Crippen molar-refractivity contribution in [3.05, 3.63) is 17.0 Å². The fourth-order valence-electron chi connectivity index (χ4n) is 1.42. The molecule has 21 heavy (non-hydrogen) atoms. The zero-order valence-electron chi connectivity index (χ0n) is 11.9. The molecule has 0 aliphatic rings. The van der Waals surface area contributed by atoms with E-state index >= 15 is 0 Å². The number of nitrogens with one attached hydrogen (secondary N) is 2. The van der Waals surface area contributed by atoms with Crippen LogP contribution in [0.5, 0.6) is 0 Å². The number of thiocarbonyl (C=S) groups is 1. The molecule has 0 aliphatic carbocycles. The van der Waals surface area contributed by atoms with Crippen LogP contribution in [-0.2, 0) is 14.8 Å². The highest BCUT2D eigenvalue weighted by Crippen LogP contribution is 2.21. The fraction of sp³-hybridized carbons (Fsp3) is 0.500. The van der Waals surface area contributed by atoms with Gasteiger partial charge in [0.2, 0.25) is 15.9 Å². The van der Waals surface area contributed by atoms with Crippen LogP contribution in [0.4, 0.5) is 0 Å². The predicted octanol–water partition coefficient (Wildman–Crippen LogP) is 0.965. The van der Waals surface area contributed by atoms with Gasteiger partial charge >= 0.3 is 0 Å². The van der Waals surface area contributed by atoms with E-state index in [1.165, 1.54) is 6.07 Å². The largest absolute Gasteiger partial charge is 0.389 e. The number of hydrogen-bond donors (Lipinski definition) is 3. The first-order valence-corrected chi connectivity index (χ1v) is 9.15. The Labute approximate surface area is 134 Å². The number of nitrogens with two attached hydrogens (primary N) is 1. The standard InChI is InChI=1S/C12H19N3O3S3/c1-3-8(2)15-10(16)6-7-14-21(17,18)11-5-4-9(20-11)12(13)19/h4-5,8,14H,3,6-7H2,1-2H3,(H2,13,19)(H,15,16). The third kappa shape index (κ3) is 5.70. The van der Waals surface area contributed by atoms with Crippen molar-refractivity contribution >= 4 is 44.5 Å². The molecule has 1 aromatic rings. The molecule has 118 valence electrons. The number of rotatable bonds is 8. The summed E-state index contributed by atoms with van der Waals surface area (Å²) in [5.41, 5.74) is 5.44. The number of sulfonamides is 1. The minimum atomic E-state index is -3.63. The van der Waals surface area contributed by atoms with Crippen LogP contribution in [0, 0.1) is 0 Å². The molecule has 0 spiro atoms. The Balaban J connectivity index is 2.53. The maximum Gasteiger partial charge on any atom is 0.250 e. The van der Waals surface area contributed by atoms with Crippen LogP contribution in [0.15, 0.2) is 16.3 Å². The SMILES string of the molecule is CCC(C)NC(=O)CCNS(=O)(=O)c1ccc(C(N)=S)s1. The normalized spacial score (nSPS) is 12.9. The van der Waals surface area contributed by atoms with Gasteiger partial charge in [-0.2, -0.15) is 0 Å². The van der Waals surface area contributed by atoms with Crippen molar-refractivity contribution in [1.29, 1.82) is 0 Å². The van der Waals surface area contributed by atoms with E-state index in [0.29, 0.717) is 4.88 Å². The van der Waals surface area contributed by atoms with Crippen molar-refractivity contribution in [3.63, 3.8) is 0 Å². The lowest BCUT2D eigenvalue weighted by molar-refractivity contribution is -0.121. The molecule has 0 aromatic carbocycles. The van der Waals surface area contributed by atoms with E-state index in [-0.39, 0.29) is 34.1 Å². The van der Waals surface area contributed by atoms with Crippen molar-refractivity contribution in [2.75, 3.05) is 6.54 Å². The fourth-order valence-corrected chi connectivity index (χ4v) is 3.84. The molecule has 4 N–H and O–H groups in total. The number of carbonyl (C=O) groups excluding carboxylic acids is 1. The quantitative estimate of drug-likeness (QED) is 0.607. The average Bonchev–Trinajstić information content (AvgIpc) is 2.88. The second-order valence-corrected chi connectivity index (χ2v) is 8.02. The minimum absolute atomic E-state index is 0.0465. The van der Waals surface area contributed by atoms with E-state index in [2.05, 4.69) is 10.0 Å². The highest BCUT2D eigenvalue weighted by molar-refractivity contribution is 7.91. The Hall–Kier alpha value is -1.03. The third-order valence-corrected chi connectivity index (χ3v) is 6.17. The lowest BCUT2D eigenvalue weighted by atomic mass is 10.2. The summed E-state index contributed by atoms with van der Waals surface area (Å²) in [6, 6.07) is 3.09. The zero-order chi connectivity index (χ0) is 16.0. The van der Waals surface area contributed by atoms with Gasteiger partial charge in [-0.3, -0.25) is 4.79 Å². The molecular weight excluding hydrogens is 330 g/mol. The highest BCUT2D eigenvalue weighted by Gasteiger charge is 2.17. The number of thiophene rings is 1. The lowest BCUT2D eigenvalue weighted by Gasteiger charge is -2.11. The molecule has 1 unspecified atom stereocenters. The van der Waals surface area contributed by atoms with Gasteiger partial charge in [-0.1, -0.05) is 19.1 Å². The summed E-state index contributed by atoms with van der Waals surface area (Å²) >= 11 is 5.80. The minimum Gasteiger partial charge on any atom is -0.389 e. The van der Waals surface area contributed by atoms with Crippen molar-refractivity contribution in [3.8, 4) is 0 Å². The van der Waals surface area contributed by atoms with Crippen molar-refractivity contribution in [2.24, 2.45) is 5.73 Å². The Morgan fingerprint density at radius 3 is 2.67 bits per heavy atom. The van der Waals surface area contributed by atoms with Gasteiger partial charge in [0.1, 0.15) is 9.20 Å². The molecule has 1 rings (SSSR count). The van der Waals surface area contributed by atoms with Gasteiger partial charge in [0.25, 0.3) is 0 Å². The molecule has 1 heterocycles. The van der Waals surface area contributed by atoms with Gasteiger partial charge in [0.15, 0.2) is 0 Å². The van der Waals surface area contributed by atoms with Crippen molar-refractivity contribution in [1.82, 2.24) is 10.0 Å². The summed E-state index contributed by atoms with van der Waals surface area (Å²) in [6.07, 6.45) is 0.922. The molecule has 6 nitrogen and oxygen atoms in total. The molecule has 1 atom stereocenters. The maximum absolute atomic E-state index is 12.0. The maximum atomic E-state index is 12.0. The summed E-state index contributed by atoms with van der Waals surface area (Å²) in [5.74, 6) is -0.179. The molecule has 9 heteroatoms. The monoisotopic (exact) mass is 349 g/mol. The summed E-state index contributed by atoms with van der Waals surface area (Å²) in [6.45, 7) is 3.90. The zero-order valence-corrected chi connectivity index (χ0v) is 14.3. The molecule has 1 amide bonds. The first-order valence-electron chi connectivity index (χ1n) is 6.45. The molecule has 0 fully saturated rings. The van der Waals surface area contributed by atoms with Crippen LogP contribution in [0.25, 0.3) is 0 Å². The number of hydrogen-bond acceptors (Lipinski definition) is 5. The lowest BCUT2D eigenvalue weighted by Crippen LogP contribution is -2.35.